The summed E-state index contributed by atoms with van der Waals surface area (Å²) in [6.07, 6.45) is 5.46. The molecular weight excluding hydrogens is 294 g/mol. The summed E-state index contributed by atoms with van der Waals surface area (Å²) in [6, 6.07) is 2.24. The van der Waals surface area contributed by atoms with E-state index in [-0.39, 0.29) is 5.91 Å². The first kappa shape index (κ1) is 15.8. The van der Waals surface area contributed by atoms with E-state index in [4.69, 9.17) is 0 Å². The average Bonchev–Trinajstić information content (AvgIpc) is 3.06. The minimum Gasteiger partial charge on any atom is -0.353 e. The number of carbonyl (C=O) groups excluding carboxylic acids is 1. The van der Waals surface area contributed by atoms with Gasteiger partial charge in [0.05, 0.1) is 5.75 Å². The van der Waals surface area contributed by atoms with Crippen molar-refractivity contribution in [3.63, 3.8) is 0 Å². The van der Waals surface area contributed by atoms with Gasteiger partial charge in [-0.1, -0.05) is 18.2 Å². The zero-order valence-corrected chi connectivity index (χ0v) is 14.4. The van der Waals surface area contributed by atoms with E-state index in [0.717, 1.165) is 23.2 Å². The number of hydrogen-bond acceptors (Lipinski definition) is 4. The number of fused-ring (bicyclic) bond motifs is 2. The predicted octanol–water partition coefficient (Wildman–Crippen LogP) is 3.13. The monoisotopic (exact) mass is 319 g/mol. The zero-order chi connectivity index (χ0) is 15.7. The Morgan fingerprint density at radius 1 is 1.32 bits per heavy atom. The molecule has 1 heterocycles. The molecule has 2 aliphatic carbocycles. The number of nitrogens with zero attached hydrogens (tertiary/aromatic N) is 2. The van der Waals surface area contributed by atoms with Gasteiger partial charge in [0, 0.05) is 17.4 Å². The number of amides is 1. The Balaban J connectivity index is 1.48. The summed E-state index contributed by atoms with van der Waals surface area (Å²) in [5.74, 6) is 2.95. The fourth-order valence-electron chi connectivity index (χ4n) is 4.20. The van der Waals surface area contributed by atoms with Crippen molar-refractivity contribution in [3.8, 4) is 0 Å². The number of hydrogen-bond donors (Lipinski definition) is 1. The molecule has 2 fully saturated rings. The Morgan fingerprint density at radius 3 is 2.64 bits per heavy atom. The van der Waals surface area contributed by atoms with Gasteiger partial charge in [0.1, 0.15) is 0 Å². The molecule has 1 aromatic rings. The van der Waals surface area contributed by atoms with E-state index in [2.05, 4.69) is 22.2 Å². The standard InChI is InChI=1S/C17H25N3OS/c1-10-6-11(2)19-17(18-10)22-9-16(21)20-12(3)15-8-13-4-5-14(15)7-13/h6,12-15H,4-5,7-9H2,1-3H3,(H,20,21)/t12-,13+,14-,15-/m0/s1. The molecule has 4 nitrogen and oxygen atoms in total. The number of aromatic nitrogens is 2. The Hall–Kier alpha value is -1.10. The molecule has 0 aliphatic heterocycles. The maximum atomic E-state index is 12.2. The smallest absolute Gasteiger partial charge is 0.230 e. The largest absolute Gasteiger partial charge is 0.353 e. The van der Waals surface area contributed by atoms with E-state index >= 15 is 0 Å². The van der Waals surface area contributed by atoms with Crippen molar-refractivity contribution in [1.29, 1.82) is 0 Å². The van der Waals surface area contributed by atoms with Crippen molar-refractivity contribution in [1.82, 2.24) is 15.3 Å². The van der Waals surface area contributed by atoms with Crippen molar-refractivity contribution >= 4 is 17.7 Å². The first-order valence-corrected chi connectivity index (χ1v) is 9.24. The fourth-order valence-corrected chi connectivity index (χ4v) is 4.96. The third-order valence-electron chi connectivity index (χ3n) is 5.12. The van der Waals surface area contributed by atoms with Crippen molar-refractivity contribution in [2.45, 2.75) is 57.7 Å². The predicted molar refractivity (Wildman–Crippen MR) is 88.8 cm³/mol. The lowest BCUT2D eigenvalue weighted by molar-refractivity contribution is -0.119. The quantitative estimate of drug-likeness (QED) is 0.669. The maximum absolute atomic E-state index is 12.2. The molecular formula is C17H25N3OS. The number of thioether (sulfide) groups is 1. The van der Waals surface area contributed by atoms with Gasteiger partial charge < -0.3 is 5.32 Å². The zero-order valence-electron chi connectivity index (χ0n) is 13.6. The van der Waals surface area contributed by atoms with Crippen LogP contribution in [0.3, 0.4) is 0 Å². The molecule has 0 aromatic carbocycles. The minimum atomic E-state index is 0.100. The normalized spacial score (nSPS) is 27.9. The van der Waals surface area contributed by atoms with Gasteiger partial charge in [-0.15, -0.1) is 0 Å². The van der Waals surface area contributed by atoms with Gasteiger partial charge >= 0.3 is 0 Å². The van der Waals surface area contributed by atoms with E-state index < -0.39 is 0 Å². The van der Waals surface area contributed by atoms with Crippen LogP contribution in [0.15, 0.2) is 11.2 Å². The molecule has 0 spiro atoms. The van der Waals surface area contributed by atoms with Gasteiger partial charge in [0.25, 0.3) is 0 Å². The van der Waals surface area contributed by atoms with Crippen molar-refractivity contribution in [2.24, 2.45) is 17.8 Å². The van der Waals surface area contributed by atoms with Crippen LogP contribution < -0.4 is 5.32 Å². The molecule has 2 saturated carbocycles. The van der Waals surface area contributed by atoms with Gasteiger partial charge in [-0.25, -0.2) is 9.97 Å². The van der Waals surface area contributed by atoms with Crippen LogP contribution in [-0.4, -0.2) is 27.7 Å². The topological polar surface area (TPSA) is 54.9 Å². The molecule has 2 aliphatic rings. The van der Waals surface area contributed by atoms with E-state index in [1.165, 1.54) is 37.4 Å². The molecule has 22 heavy (non-hydrogen) atoms. The van der Waals surface area contributed by atoms with Gasteiger partial charge in [-0.05, 0) is 63.9 Å². The van der Waals surface area contributed by atoms with E-state index in [1.54, 1.807) is 0 Å². The molecule has 5 heteroatoms. The Morgan fingerprint density at radius 2 is 2.05 bits per heavy atom. The van der Waals surface area contributed by atoms with Crippen LogP contribution in [-0.2, 0) is 4.79 Å². The SMILES string of the molecule is Cc1cc(C)nc(SCC(=O)N[C@@H](C)[C@@H]2C[C@@H]3CC[C@H]2C3)n1. The van der Waals surface area contributed by atoms with Gasteiger partial charge in [0.15, 0.2) is 5.16 Å². The molecule has 0 unspecified atom stereocenters. The van der Waals surface area contributed by atoms with Gasteiger partial charge in [-0.3, -0.25) is 4.79 Å². The van der Waals surface area contributed by atoms with Crippen LogP contribution >= 0.6 is 11.8 Å². The van der Waals surface area contributed by atoms with Crippen LogP contribution in [0, 0.1) is 31.6 Å². The summed E-state index contributed by atoms with van der Waals surface area (Å²) in [6.45, 7) is 6.08. The van der Waals surface area contributed by atoms with E-state index in [1.807, 2.05) is 19.9 Å². The number of aryl methyl sites for hydroxylation is 2. The number of rotatable bonds is 5. The maximum Gasteiger partial charge on any atom is 0.230 e. The second kappa shape index (κ2) is 6.57. The van der Waals surface area contributed by atoms with Gasteiger partial charge in [0.2, 0.25) is 5.91 Å². The molecule has 4 atom stereocenters. The Kier molecular flexibility index (Phi) is 4.71. The molecule has 3 rings (SSSR count). The molecule has 1 amide bonds. The molecule has 1 N–H and O–H groups in total. The van der Waals surface area contributed by atoms with Crippen molar-refractivity contribution in [3.05, 3.63) is 17.5 Å². The van der Waals surface area contributed by atoms with Gasteiger partial charge in [-0.2, -0.15) is 0 Å². The van der Waals surface area contributed by atoms with Crippen LogP contribution in [0.5, 0.6) is 0 Å². The van der Waals surface area contributed by atoms with E-state index in [9.17, 15) is 4.79 Å². The third-order valence-corrected chi connectivity index (χ3v) is 5.97. The van der Waals surface area contributed by atoms with Crippen LogP contribution in [0.1, 0.15) is 44.0 Å². The lowest BCUT2D eigenvalue weighted by Crippen LogP contribution is -2.40. The first-order valence-electron chi connectivity index (χ1n) is 8.25. The first-order chi connectivity index (χ1) is 10.5. The fraction of sp³-hybridized carbons (Fsp3) is 0.706. The van der Waals surface area contributed by atoms with Crippen LogP contribution in [0.4, 0.5) is 0 Å². The van der Waals surface area contributed by atoms with Crippen LogP contribution in [0.25, 0.3) is 0 Å². The van der Waals surface area contributed by atoms with Crippen molar-refractivity contribution < 1.29 is 4.79 Å². The molecule has 1 aromatic heterocycles. The Bertz CT molecular complexity index is 543. The highest BCUT2D eigenvalue weighted by Gasteiger charge is 2.42. The minimum absolute atomic E-state index is 0.100. The van der Waals surface area contributed by atoms with E-state index in [0.29, 0.717) is 22.9 Å². The Labute approximate surface area is 136 Å². The molecule has 120 valence electrons. The highest BCUT2D eigenvalue weighted by molar-refractivity contribution is 7.99. The summed E-state index contributed by atoms with van der Waals surface area (Å²) in [4.78, 5) is 20.9. The molecule has 0 radical (unpaired) electrons. The summed E-state index contributed by atoms with van der Waals surface area (Å²) in [5.41, 5.74) is 1.90. The summed E-state index contributed by atoms with van der Waals surface area (Å²) >= 11 is 1.42. The highest BCUT2D eigenvalue weighted by atomic mass is 32.2. The molecule has 0 saturated heterocycles. The highest BCUT2D eigenvalue weighted by Crippen LogP contribution is 2.49. The second-order valence-corrected chi connectivity index (χ2v) is 7.86. The summed E-state index contributed by atoms with van der Waals surface area (Å²) in [5, 5.41) is 3.89. The number of nitrogens with one attached hydrogen (secondary N) is 1. The second-order valence-electron chi connectivity index (χ2n) is 6.92. The van der Waals surface area contributed by atoms with Crippen LogP contribution in [0.2, 0.25) is 0 Å². The lowest BCUT2D eigenvalue weighted by Gasteiger charge is -2.28. The summed E-state index contributed by atoms with van der Waals surface area (Å²) < 4.78 is 0. The molecule has 2 bridgehead atoms. The average molecular weight is 319 g/mol. The number of carbonyl (C=O) groups is 1. The van der Waals surface area contributed by atoms with Crippen molar-refractivity contribution in [2.75, 3.05) is 5.75 Å². The third kappa shape index (κ3) is 3.62. The summed E-state index contributed by atoms with van der Waals surface area (Å²) in [7, 11) is 0. The lowest BCUT2D eigenvalue weighted by atomic mass is 9.84.